The van der Waals surface area contributed by atoms with E-state index in [2.05, 4.69) is 10.4 Å². The number of hydrogen-bond donors (Lipinski definition) is 2. The first kappa shape index (κ1) is 12.0. The molecule has 0 fully saturated rings. The molecule has 2 rings (SSSR count). The van der Waals surface area contributed by atoms with Gasteiger partial charge in [-0.15, -0.1) is 0 Å². The van der Waals surface area contributed by atoms with Crippen molar-refractivity contribution in [1.29, 1.82) is 0 Å². The van der Waals surface area contributed by atoms with Gasteiger partial charge in [0.25, 0.3) is 0 Å². The number of aryl methyl sites for hydroxylation is 1. The minimum Gasteiger partial charge on any atom is -0.271 e. The highest BCUT2D eigenvalue weighted by molar-refractivity contribution is 6.30. The molecule has 1 unspecified atom stereocenters. The molecule has 0 aliphatic carbocycles. The van der Waals surface area contributed by atoms with Gasteiger partial charge in [-0.2, -0.15) is 0 Å². The maximum Gasteiger partial charge on any atom is 0.0725 e. The molecular formula is C13H14ClN3. The zero-order valence-electron chi connectivity index (χ0n) is 9.52. The Morgan fingerprint density at radius 1 is 1.24 bits per heavy atom. The van der Waals surface area contributed by atoms with Crippen LogP contribution in [0, 0.1) is 6.92 Å². The van der Waals surface area contributed by atoms with E-state index >= 15 is 0 Å². The summed E-state index contributed by atoms with van der Waals surface area (Å²) in [5.41, 5.74) is 5.80. The summed E-state index contributed by atoms with van der Waals surface area (Å²) in [7, 11) is 0. The zero-order chi connectivity index (χ0) is 12.3. The molecule has 1 atom stereocenters. The smallest absolute Gasteiger partial charge is 0.0725 e. The van der Waals surface area contributed by atoms with Crippen LogP contribution in [-0.4, -0.2) is 4.98 Å². The van der Waals surface area contributed by atoms with Crippen molar-refractivity contribution in [2.45, 2.75) is 13.0 Å². The summed E-state index contributed by atoms with van der Waals surface area (Å²) in [6.45, 7) is 1.95. The summed E-state index contributed by atoms with van der Waals surface area (Å²) in [4.78, 5) is 4.27. The average molecular weight is 248 g/mol. The van der Waals surface area contributed by atoms with Crippen LogP contribution in [0.15, 0.2) is 42.6 Å². The molecule has 0 bridgehead atoms. The van der Waals surface area contributed by atoms with E-state index in [-0.39, 0.29) is 6.04 Å². The third-order valence-electron chi connectivity index (χ3n) is 2.62. The van der Waals surface area contributed by atoms with Crippen molar-refractivity contribution >= 4 is 11.6 Å². The van der Waals surface area contributed by atoms with E-state index in [1.807, 2.05) is 49.5 Å². The van der Waals surface area contributed by atoms with Crippen LogP contribution >= 0.6 is 11.6 Å². The van der Waals surface area contributed by atoms with Gasteiger partial charge >= 0.3 is 0 Å². The van der Waals surface area contributed by atoms with Crippen LogP contribution in [0.2, 0.25) is 5.02 Å². The number of aromatic nitrogens is 1. The summed E-state index contributed by atoms with van der Waals surface area (Å²) >= 11 is 5.97. The van der Waals surface area contributed by atoms with Gasteiger partial charge in [0.05, 0.1) is 6.04 Å². The lowest BCUT2D eigenvalue weighted by Gasteiger charge is -2.16. The number of hydrazine groups is 1. The first-order chi connectivity index (χ1) is 8.20. The van der Waals surface area contributed by atoms with Crippen LogP contribution < -0.4 is 11.3 Å². The maximum absolute atomic E-state index is 5.97. The van der Waals surface area contributed by atoms with Gasteiger partial charge in [-0.1, -0.05) is 29.8 Å². The lowest BCUT2D eigenvalue weighted by atomic mass is 10.0. The highest BCUT2D eigenvalue weighted by atomic mass is 35.5. The Labute approximate surface area is 106 Å². The minimum absolute atomic E-state index is 0.0956. The SMILES string of the molecule is Cc1ccc(C(NN)c2cccc(Cl)c2)cn1. The monoisotopic (exact) mass is 247 g/mol. The van der Waals surface area contributed by atoms with Crippen molar-refractivity contribution in [3.05, 3.63) is 64.4 Å². The van der Waals surface area contributed by atoms with Crippen LogP contribution in [0.25, 0.3) is 0 Å². The van der Waals surface area contributed by atoms with Gasteiger partial charge < -0.3 is 0 Å². The number of hydrogen-bond acceptors (Lipinski definition) is 3. The Hall–Kier alpha value is -1.42. The molecule has 4 heteroatoms. The molecule has 0 saturated heterocycles. The molecule has 88 valence electrons. The normalized spacial score (nSPS) is 12.4. The number of nitrogens with zero attached hydrogens (tertiary/aromatic N) is 1. The first-order valence-electron chi connectivity index (χ1n) is 5.35. The van der Waals surface area contributed by atoms with E-state index in [4.69, 9.17) is 17.4 Å². The number of benzene rings is 1. The van der Waals surface area contributed by atoms with Gasteiger partial charge in [0.15, 0.2) is 0 Å². The maximum atomic E-state index is 5.97. The first-order valence-corrected chi connectivity index (χ1v) is 5.72. The van der Waals surface area contributed by atoms with Crippen molar-refractivity contribution in [2.75, 3.05) is 0 Å². The van der Waals surface area contributed by atoms with Crippen LogP contribution in [0.3, 0.4) is 0 Å². The van der Waals surface area contributed by atoms with Crippen LogP contribution in [0.1, 0.15) is 22.9 Å². The van der Waals surface area contributed by atoms with Gasteiger partial charge in [-0.3, -0.25) is 10.8 Å². The number of pyridine rings is 1. The molecular weight excluding hydrogens is 234 g/mol. The van der Waals surface area contributed by atoms with Gasteiger partial charge in [0.2, 0.25) is 0 Å². The van der Waals surface area contributed by atoms with Gasteiger partial charge in [0.1, 0.15) is 0 Å². The molecule has 0 aliphatic heterocycles. The van der Waals surface area contributed by atoms with Crippen LogP contribution in [0.5, 0.6) is 0 Å². The molecule has 1 aromatic carbocycles. The molecule has 3 N–H and O–H groups in total. The van der Waals surface area contributed by atoms with E-state index in [1.54, 1.807) is 0 Å². The molecule has 0 aliphatic rings. The van der Waals surface area contributed by atoms with E-state index in [0.717, 1.165) is 16.8 Å². The lowest BCUT2D eigenvalue weighted by Crippen LogP contribution is -2.28. The molecule has 0 amide bonds. The predicted octanol–water partition coefficient (Wildman–Crippen LogP) is 2.60. The Morgan fingerprint density at radius 2 is 2.06 bits per heavy atom. The molecule has 1 heterocycles. The van der Waals surface area contributed by atoms with Crippen molar-refractivity contribution in [3.8, 4) is 0 Å². The van der Waals surface area contributed by atoms with Crippen molar-refractivity contribution in [3.63, 3.8) is 0 Å². The third-order valence-corrected chi connectivity index (χ3v) is 2.85. The van der Waals surface area contributed by atoms with E-state index < -0.39 is 0 Å². The Kier molecular flexibility index (Phi) is 3.74. The molecule has 0 spiro atoms. The molecule has 0 radical (unpaired) electrons. The van der Waals surface area contributed by atoms with Gasteiger partial charge in [-0.25, -0.2) is 5.43 Å². The predicted molar refractivity (Wildman–Crippen MR) is 69.6 cm³/mol. The number of rotatable bonds is 3. The van der Waals surface area contributed by atoms with Crippen molar-refractivity contribution in [1.82, 2.24) is 10.4 Å². The standard InChI is InChI=1S/C13H14ClN3/c1-9-5-6-11(8-16-9)13(17-15)10-3-2-4-12(14)7-10/h2-8,13,17H,15H2,1H3. The van der Waals surface area contributed by atoms with Gasteiger partial charge in [0, 0.05) is 16.9 Å². The van der Waals surface area contributed by atoms with Gasteiger partial charge in [-0.05, 0) is 36.2 Å². The number of nitrogens with one attached hydrogen (secondary N) is 1. The topological polar surface area (TPSA) is 50.9 Å². The van der Waals surface area contributed by atoms with Crippen molar-refractivity contribution < 1.29 is 0 Å². The number of halogens is 1. The Morgan fingerprint density at radius 3 is 2.65 bits per heavy atom. The summed E-state index contributed by atoms with van der Waals surface area (Å²) in [6.07, 6.45) is 1.82. The summed E-state index contributed by atoms with van der Waals surface area (Å²) in [5.74, 6) is 5.60. The highest BCUT2D eigenvalue weighted by Gasteiger charge is 2.12. The zero-order valence-corrected chi connectivity index (χ0v) is 10.3. The summed E-state index contributed by atoms with van der Waals surface area (Å²) in [5, 5.41) is 0.697. The van der Waals surface area contributed by atoms with Crippen molar-refractivity contribution in [2.24, 2.45) is 5.84 Å². The fourth-order valence-corrected chi connectivity index (χ4v) is 1.92. The third kappa shape index (κ3) is 2.82. The second-order valence-corrected chi connectivity index (χ2v) is 4.32. The molecule has 0 saturated carbocycles. The molecule has 2 aromatic rings. The van der Waals surface area contributed by atoms with Crippen LogP contribution in [-0.2, 0) is 0 Å². The second-order valence-electron chi connectivity index (χ2n) is 3.89. The van der Waals surface area contributed by atoms with E-state index in [1.165, 1.54) is 0 Å². The molecule has 1 aromatic heterocycles. The molecule has 3 nitrogen and oxygen atoms in total. The largest absolute Gasteiger partial charge is 0.271 e. The Balaban J connectivity index is 2.36. The quantitative estimate of drug-likeness (QED) is 0.648. The fraction of sp³-hybridized carbons (Fsp3) is 0.154. The summed E-state index contributed by atoms with van der Waals surface area (Å²) in [6, 6.07) is 11.5. The fourth-order valence-electron chi connectivity index (χ4n) is 1.72. The second kappa shape index (κ2) is 5.27. The lowest BCUT2D eigenvalue weighted by molar-refractivity contribution is 0.634. The van der Waals surface area contributed by atoms with E-state index in [9.17, 15) is 0 Å². The summed E-state index contributed by atoms with van der Waals surface area (Å²) < 4.78 is 0. The highest BCUT2D eigenvalue weighted by Crippen LogP contribution is 2.23. The number of nitrogens with two attached hydrogens (primary N) is 1. The minimum atomic E-state index is -0.0956. The van der Waals surface area contributed by atoms with Crippen LogP contribution in [0.4, 0.5) is 0 Å². The van der Waals surface area contributed by atoms with E-state index in [0.29, 0.717) is 5.02 Å². The Bertz CT molecular complexity index is 496. The average Bonchev–Trinajstić information content (AvgIpc) is 2.33. The molecule has 17 heavy (non-hydrogen) atoms.